The van der Waals surface area contributed by atoms with Crippen LogP contribution >= 0.6 is 11.8 Å². The first-order chi connectivity index (χ1) is 16.1. The lowest BCUT2D eigenvalue weighted by Gasteiger charge is -2.30. The second-order valence-corrected chi connectivity index (χ2v) is 8.49. The summed E-state index contributed by atoms with van der Waals surface area (Å²) in [6, 6.07) is 16.4. The third-order valence-electron chi connectivity index (χ3n) is 5.31. The van der Waals surface area contributed by atoms with Gasteiger partial charge >= 0.3 is 0 Å². The van der Waals surface area contributed by atoms with Crippen LogP contribution in [0.4, 0.5) is 10.1 Å². The van der Waals surface area contributed by atoms with Gasteiger partial charge in [-0.25, -0.2) is 9.38 Å². The topological polar surface area (TPSA) is 87.3 Å². The number of carbonyl (C=O) groups is 2. The number of aliphatic imine (C=N–C) groups is 2. The molecule has 5 rings (SSSR count). The number of rotatable bonds is 6. The summed E-state index contributed by atoms with van der Waals surface area (Å²) in [4.78, 5) is 36.2. The summed E-state index contributed by atoms with van der Waals surface area (Å²) in [5, 5.41) is 3.36. The summed E-state index contributed by atoms with van der Waals surface area (Å²) in [5.41, 5.74) is 2.38. The van der Waals surface area contributed by atoms with Gasteiger partial charge in [0.25, 0.3) is 5.91 Å². The number of nitrogens with one attached hydrogen (secondary N) is 1. The Morgan fingerprint density at radius 2 is 1.91 bits per heavy atom. The highest BCUT2D eigenvalue weighted by Crippen LogP contribution is 2.35. The highest BCUT2D eigenvalue weighted by atomic mass is 32.2. The second kappa shape index (κ2) is 9.03. The van der Waals surface area contributed by atoms with Crippen LogP contribution in [0.3, 0.4) is 0 Å². The van der Waals surface area contributed by atoms with Crippen LogP contribution in [0.2, 0.25) is 0 Å². The molecule has 2 aromatic carbocycles. The lowest BCUT2D eigenvalue weighted by atomic mass is 10.1. The first kappa shape index (κ1) is 21.1. The SMILES string of the molecule is O=C(CC1C(=O)N=C2c3ccccc3N=C(SCc3ccc(F)cc3)N21)NCc1ccco1. The Labute approximate surface area is 193 Å². The molecule has 0 fully saturated rings. The Morgan fingerprint density at radius 1 is 1.09 bits per heavy atom. The fourth-order valence-corrected chi connectivity index (χ4v) is 4.68. The largest absolute Gasteiger partial charge is 0.467 e. The first-order valence-electron chi connectivity index (χ1n) is 10.3. The van der Waals surface area contributed by atoms with Crippen molar-refractivity contribution in [1.29, 1.82) is 0 Å². The zero-order valence-electron chi connectivity index (χ0n) is 17.4. The van der Waals surface area contributed by atoms with Gasteiger partial charge in [0.05, 0.1) is 24.9 Å². The summed E-state index contributed by atoms with van der Waals surface area (Å²) in [5.74, 6) is 0.676. The monoisotopic (exact) mass is 462 g/mol. The molecule has 0 saturated carbocycles. The van der Waals surface area contributed by atoms with E-state index in [1.165, 1.54) is 30.2 Å². The zero-order chi connectivity index (χ0) is 22.8. The minimum atomic E-state index is -0.788. The molecule has 0 bridgehead atoms. The van der Waals surface area contributed by atoms with E-state index in [9.17, 15) is 14.0 Å². The first-order valence-corrected chi connectivity index (χ1v) is 11.3. The molecule has 0 radical (unpaired) electrons. The molecule has 2 amide bonds. The molecule has 2 aliphatic heterocycles. The highest BCUT2D eigenvalue weighted by Gasteiger charge is 2.42. The van der Waals surface area contributed by atoms with Crippen LogP contribution in [-0.2, 0) is 21.9 Å². The molecule has 0 saturated heterocycles. The third kappa shape index (κ3) is 4.45. The second-order valence-electron chi connectivity index (χ2n) is 7.55. The fraction of sp³-hybridized carbons (Fsp3) is 0.167. The Morgan fingerprint density at radius 3 is 2.70 bits per heavy atom. The number of furan rings is 1. The molecule has 3 aromatic rings. The average Bonchev–Trinajstić information content (AvgIpc) is 3.45. The number of thioether (sulfide) groups is 1. The predicted molar refractivity (Wildman–Crippen MR) is 124 cm³/mol. The Hall–Kier alpha value is -3.72. The summed E-state index contributed by atoms with van der Waals surface area (Å²) in [6.07, 6.45) is 1.47. The van der Waals surface area contributed by atoms with E-state index in [2.05, 4.69) is 10.3 Å². The van der Waals surface area contributed by atoms with Crippen LogP contribution in [0.15, 0.2) is 81.3 Å². The van der Waals surface area contributed by atoms with Crippen molar-refractivity contribution in [1.82, 2.24) is 10.2 Å². The van der Waals surface area contributed by atoms with E-state index in [0.717, 1.165) is 11.1 Å². The smallest absolute Gasteiger partial charge is 0.271 e. The number of para-hydroxylation sites is 1. The van der Waals surface area contributed by atoms with Crippen LogP contribution in [0.5, 0.6) is 0 Å². The number of carbonyl (C=O) groups excluding carboxylic acids is 2. The van der Waals surface area contributed by atoms with Gasteiger partial charge in [-0.05, 0) is 42.0 Å². The summed E-state index contributed by atoms with van der Waals surface area (Å²) in [6.45, 7) is 0.240. The van der Waals surface area contributed by atoms with E-state index in [4.69, 9.17) is 9.41 Å². The van der Waals surface area contributed by atoms with Crippen molar-refractivity contribution in [3.8, 4) is 0 Å². The van der Waals surface area contributed by atoms with Crippen LogP contribution in [-0.4, -0.2) is 33.8 Å². The van der Waals surface area contributed by atoms with Crippen molar-refractivity contribution < 1.29 is 18.4 Å². The standard InChI is InChI=1S/C24H19FN4O3S/c25-16-9-7-15(8-10-16)14-33-24-27-19-6-2-1-5-18(19)22-28-23(31)20(29(22)24)12-21(30)26-13-17-4-3-11-32-17/h1-11,20H,12-14H2,(H,26,30). The molecule has 1 unspecified atom stereocenters. The normalized spacial score (nSPS) is 16.7. The van der Waals surface area contributed by atoms with E-state index >= 15 is 0 Å². The molecule has 0 spiro atoms. The summed E-state index contributed by atoms with van der Waals surface area (Å²) >= 11 is 1.41. The molecule has 0 aliphatic carbocycles. The van der Waals surface area contributed by atoms with Crippen molar-refractivity contribution in [3.05, 3.63) is 89.6 Å². The number of amidine groups is 2. The molecular formula is C24H19FN4O3S. The van der Waals surface area contributed by atoms with E-state index < -0.39 is 6.04 Å². The molecule has 33 heavy (non-hydrogen) atoms. The molecule has 9 heteroatoms. The maximum Gasteiger partial charge on any atom is 0.271 e. The van der Waals surface area contributed by atoms with Gasteiger partial charge in [0.15, 0.2) is 5.17 Å². The molecule has 2 aliphatic rings. The number of benzene rings is 2. The zero-order valence-corrected chi connectivity index (χ0v) is 18.2. The molecule has 1 N–H and O–H groups in total. The molecule has 166 valence electrons. The van der Waals surface area contributed by atoms with Gasteiger partial charge in [-0.15, -0.1) is 0 Å². The van der Waals surface area contributed by atoms with Crippen LogP contribution < -0.4 is 5.32 Å². The van der Waals surface area contributed by atoms with Gasteiger partial charge in [0.2, 0.25) is 5.91 Å². The number of fused-ring (bicyclic) bond motifs is 3. The number of amides is 2. The van der Waals surface area contributed by atoms with Gasteiger partial charge in [0, 0.05) is 11.3 Å². The Bertz CT molecular complexity index is 1250. The average molecular weight is 463 g/mol. The maximum atomic E-state index is 13.3. The number of hydrogen-bond acceptors (Lipinski definition) is 6. The minimum Gasteiger partial charge on any atom is -0.467 e. The molecular weight excluding hydrogens is 443 g/mol. The number of nitrogens with zero attached hydrogens (tertiary/aromatic N) is 3. The van der Waals surface area contributed by atoms with E-state index in [1.54, 1.807) is 29.2 Å². The third-order valence-corrected chi connectivity index (χ3v) is 6.33. The van der Waals surface area contributed by atoms with E-state index in [0.29, 0.717) is 28.2 Å². The highest BCUT2D eigenvalue weighted by molar-refractivity contribution is 8.13. The van der Waals surface area contributed by atoms with Crippen molar-refractivity contribution in [2.45, 2.75) is 24.8 Å². The van der Waals surface area contributed by atoms with Gasteiger partial charge in [-0.1, -0.05) is 36.0 Å². The lowest BCUT2D eigenvalue weighted by molar-refractivity contribution is -0.126. The molecule has 7 nitrogen and oxygen atoms in total. The van der Waals surface area contributed by atoms with Crippen LogP contribution in [0.25, 0.3) is 0 Å². The Balaban J connectivity index is 1.37. The van der Waals surface area contributed by atoms with E-state index in [-0.39, 0.29) is 30.6 Å². The summed E-state index contributed by atoms with van der Waals surface area (Å²) in [7, 11) is 0. The minimum absolute atomic E-state index is 0.0646. The fourth-order valence-electron chi connectivity index (χ4n) is 3.68. The predicted octanol–water partition coefficient (Wildman–Crippen LogP) is 4.02. The van der Waals surface area contributed by atoms with Gasteiger partial charge in [0.1, 0.15) is 23.5 Å². The van der Waals surface area contributed by atoms with Crippen LogP contribution in [0, 0.1) is 5.82 Å². The van der Waals surface area contributed by atoms with Gasteiger partial charge < -0.3 is 9.73 Å². The van der Waals surface area contributed by atoms with Crippen molar-refractivity contribution in [3.63, 3.8) is 0 Å². The lowest BCUT2D eigenvalue weighted by Crippen LogP contribution is -2.45. The number of hydrogen-bond donors (Lipinski definition) is 1. The van der Waals surface area contributed by atoms with E-state index in [1.807, 2.05) is 24.3 Å². The molecule has 1 aromatic heterocycles. The van der Waals surface area contributed by atoms with Crippen molar-refractivity contribution >= 4 is 40.3 Å². The van der Waals surface area contributed by atoms with Crippen molar-refractivity contribution in [2.75, 3.05) is 0 Å². The molecule has 1 atom stereocenters. The quantitative estimate of drug-likeness (QED) is 0.598. The van der Waals surface area contributed by atoms with Crippen LogP contribution in [0.1, 0.15) is 23.3 Å². The van der Waals surface area contributed by atoms with Gasteiger partial charge in [-0.2, -0.15) is 4.99 Å². The molecule has 3 heterocycles. The Kier molecular flexibility index (Phi) is 5.78. The maximum absolute atomic E-state index is 13.3. The number of halogens is 1. The van der Waals surface area contributed by atoms with Gasteiger partial charge in [-0.3, -0.25) is 14.5 Å². The van der Waals surface area contributed by atoms with Crippen molar-refractivity contribution in [2.24, 2.45) is 9.98 Å². The summed E-state index contributed by atoms with van der Waals surface area (Å²) < 4.78 is 18.5.